The highest BCUT2D eigenvalue weighted by Crippen LogP contribution is 2.22. The van der Waals surface area contributed by atoms with Crippen molar-refractivity contribution in [1.82, 2.24) is 9.88 Å². The van der Waals surface area contributed by atoms with Gasteiger partial charge in [-0.3, -0.25) is 4.79 Å². The molecule has 1 aliphatic rings. The molecule has 21 heavy (non-hydrogen) atoms. The van der Waals surface area contributed by atoms with Gasteiger partial charge in [0.1, 0.15) is 11.4 Å². The van der Waals surface area contributed by atoms with Gasteiger partial charge in [0, 0.05) is 13.1 Å². The molecule has 0 saturated carbocycles. The minimum absolute atomic E-state index is 0.109. The molecule has 2 rings (SSSR count). The second-order valence-electron chi connectivity index (χ2n) is 4.23. The predicted octanol–water partition coefficient (Wildman–Crippen LogP) is 4.55. The minimum Gasteiger partial charge on any atom is -0.337 e. The summed E-state index contributed by atoms with van der Waals surface area (Å²) in [6, 6.07) is 4.15. The van der Waals surface area contributed by atoms with Crippen LogP contribution in [0.4, 0.5) is 8.78 Å². The monoisotopic (exact) mass is 300 g/mol. The van der Waals surface area contributed by atoms with E-state index in [0.29, 0.717) is 19.0 Å². The summed E-state index contributed by atoms with van der Waals surface area (Å²) in [4.78, 5) is 17.2. The number of pyridine rings is 1. The van der Waals surface area contributed by atoms with E-state index in [9.17, 15) is 13.6 Å². The molecule has 0 bridgehead atoms. The van der Waals surface area contributed by atoms with Crippen LogP contribution in [0.2, 0.25) is 0 Å². The predicted molar refractivity (Wildman–Crippen MR) is 81.6 cm³/mol. The molecule has 0 radical (unpaired) electrons. The molecule has 0 unspecified atom stereocenters. The molecule has 2 heterocycles. The second kappa shape index (κ2) is 10.2. The average molecular weight is 300 g/mol. The zero-order valence-corrected chi connectivity index (χ0v) is 13.6. The number of likely N-dealkylation sites (tertiary alicyclic amines) is 1. The summed E-state index contributed by atoms with van der Waals surface area (Å²) in [5.41, 5.74) is -0.235. The largest absolute Gasteiger partial charge is 0.337 e. The number of amides is 1. The summed E-state index contributed by atoms with van der Waals surface area (Å²) in [6.45, 7) is 11.5. The van der Waals surface area contributed by atoms with E-state index < -0.39 is 6.43 Å². The normalized spacial score (nSPS) is 13.6. The van der Waals surface area contributed by atoms with Gasteiger partial charge < -0.3 is 4.90 Å². The summed E-state index contributed by atoms with van der Waals surface area (Å²) < 4.78 is 24.9. The maximum atomic E-state index is 12.4. The number of hydrogen-bond donors (Lipinski definition) is 0. The van der Waals surface area contributed by atoms with Gasteiger partial charge in [-0.15, -0.1) is 0 Å². The maximum absolute atomic E-state index is 12.4. The van der Waals surface area contributed by atoms with Crippen molar-refractivity contribution in [3.8, 4) is 0 Å². The van der Waals surface area contributed by atoms with Crippen molar-refractivity contribution in [2.24, 2.45) is 5.92 Å². The van der Waals surface area contributed by atoms with Crippen LogP contribution < -0.4 is 0 Å². The lowest BCUT2D eigenvalue weighted by atomic mass is 9.97. The van der Waals surface area contributed by atoms with Gasteiger partial charge in [-0.05, 0) is 24.5 Å². The van der Waals surface area contributed by atoms with E-state index >= 15 is 0 Å². The van der Waals surface area contributed by atoms with Crippen LogP contribution in [0.1, 0.15) is 63.6 Å². The van der Waals surface area contributed by atoms with E-state index in [1.165, 1.54) is 18.2 Å². The van der Waals surface area contributed by atoms with Crippen molar-refractivity contribution < 1.29 is 13.6 Å². The van der Waals surface area contributed by atoms with E-state index in [1.807, 2.05) is 27.7 Å². The summed E-state index contributed by atoms with van der Waals surface area (Å²) >= 11 is 0. The number of halogens is 2. The van der Waals surface area contributed by atoms with Gasteiger partial charge in [-0.1, -0.05) is 40.7 Å². The van der Waals surface area contributed by atoms with E-state index in [0.717, 1.165) is 6.42 Å². The van der Waals surface area contributed by atoms with Crippen LogP contribution in [-0.4, -0.2) is 28.9 Å². The fraction of sp³-hybridized carbons (Fsp3) is 0.625. The number of carbonyl (C=O) groups excluding carboxylic acids is 1. The van der Waals surface area contributed by atoms with Crippen LogP contribution in [0, 0.1) is 5.92 Å². The Balaban J connectivity index is 0.000000921. The molecule has 0 N–H and O–H groups in total. The lowest BCUT2D eigenvalue weighted by Crippen LogP contribution is -2.49. The third-order valence-corrected chi connectivity index (χ3v) is 3.04. The molecule has 3 nitrogen and oxygen atoms in total. The number of alkyl halides is 2. The molecule has 1 aromatic rings. The Morgan fingerprint density at radius 3 is 2.33 bits per heavy atom. The van der Waals surface area contributed by atoms with Crippen LogP contribution >= 0.6 is 0 Å². The van der Waals surface area contributed by atoms with E-state index in [4.69, 9.17) is 0 Å². The number of aromatic nitrogens is 1. The first-order valence-corrected chi connectivity index (χ1v) is 7.66. The highest BCUT2D eigenvalue weighted by molar-refractivity contribution is 5.92. The summed E-state index contributed by atoms with van der Waals surface area (Å²) in [6.07, 6.45) is -1.60. The van der Waals surface area contributed by atoms with E-state index in [1.54, 1.807) is 4.90 Å². The number of rotatable bonds is 3. The fourth-order valence-corrected chi connectivity index (χ4v) is 1.85. The Morgan fingerprint density at radius 2 is 1.86 bits per heavy atom. The van der Waals surface area contributed by atoms with Gasteiger partial charge in [0.2, 0.25) is 0 Å². The Labute approximate surface area is 126 Å². The average Bonchev–Trinajstić information content (AvgIpc) is 2.50. The van der Waals surface area contributed by atoms with Crippen molar-refractivity contribution in [1.29, 1.82) is 0 Å². The zero-order chi connectivity index (χ0) is 16.4. The minimum atomic E-state index is -2.64. The standard InChI is InChI=1S/C12H14F2N2O.2C2H6/c1-2-8-6-16(7-8)12(17)10-5-3-4-9(15-10)11(13)14;2*1-2/h3-5,8,11H,2,6-7H2,1H3;2*1-2H3. The first-order valence-electron chi connectivity index (χ1n) is 7.66. The molecule has 5 heteroatoms. The number of nitrogens with zero attached hydrogens (tertiary/aromatic N) is 2. The summed E-state index contributed by atoms with van der Waals surface area (Å²) in [5, 5.41) is 0. The Hall–Kier alpha value is -1.52. The fourth-order valence-electron chi connectivity index (χ4n) is 1.85. The van der Waals surface area contributed by atoms with Crippen LogP contribution in [0.3, 0.4) is 0 Å². The molecular weight excluding hydrogens is 274 g/mol. The van der Waals surface area contributed by atoms with Crippen LogP contribution in [0.15, 0.2) is 18.2 Å². The van der Waals surface area contributed by atoms with Crippen LogP contribution in [0.25, 0.3) is 0 Å². The van der Waals surface area contributed by atoms with Crippen molar-refractivity contribution in [3.05, 3.63) is 29.6 Å². The lowest BCUT2D eigenvalue weighted by Gasteiger charge is -2.38. The first kappa shape index (κ1) is 19.5. The quantitative estimate of drug-likeness (QED) is 0.820. The molecule has 1 aliphatic heterocycles. The van der Waals surface area contributed by atoms with Gasteiger partial charge >= 0.3 is 0 Å². The second-order valence-corrected chi connectivity index (χ2v) is 4.23. The Kier molecular flexibility index (Phi) is 9.50. The lowest BCUT2D eigenvalue weighted by molar-refractivity contribution is 0.0487. The van der Waals surface area contributed by atoms with Crippen molar-refractivity contribution in [2.75, 3.05) is 13.1 Å². The smallest absolute Gasteiger partial charge is 0.280 e. The number of hydrogen-bond acceptors (Lipinski definition) is 2. The van der Waals surface area contributed by atoms with E-state index in [-0.39, 0.29) is 17.3 Å². The molecule has 0 aromatic carbocycles. The van der Waals surface area contributed by atoms with Crippen LogP contribution in [-0.2, 0) is 0 Å². The van der Waals surface area contributed by atoms with Gasteiger partial charge in [-0.2, -0.15) is 0 Å². The maximum Gasteiger partial charge on any atom is 0.280 e. The molecule has 120 valence electrons. The molecule has 1 amide bonds. The molecular formula is C16H26F2N2O. The first-order chi connectivity index (χ1) is 10.1. The van der Waals surface area contributed by atoms with Crippen molar-refractivity contribution >= 4 is 5.91 Å². The van der Waals surface area contributed by atoms with Gasteiger partial charge in [0.25, 0.3) is 12.3 Å². The van der Waals surface area contributed by atoms with Crippen molar-refractivity contribution in [2.45, 2.75) is 47.5 Å². The summed E-state index contributed by atoms with van der Waals surface area (Å²) in [5.74, 6) is 0.287. The van der Waals surface area contributed by atoms with Crippen molar-refractivity contribution in [3.63, 3.8) is 0 Å². The van der Waals surface area contributed by atoms with E-state index in [2.05, 4.69) is 11.9 Å². The molecule has 1 saturated heterocycles. The van der Waals surface area contributed by atoms with Gasteiger partial charge in [0.15, 0.2) is 0 Å². The Bertz CT molecular complexity index is 418. The number of carbonyl (C=O) groups is 1. The van der Waals surface area contributed by atoms with Gasteiger partial charge in [-0.25, -0.2) is 13.8 Å². The van der Waals surface area contributed by atoms with Crippen LogP contribution in [0.5, 0.6) is 0 Å². The van der Waals surface area contributed by atoms with Gasteiger partial charge in [0.05, 0.1) is 0 Å². The Morgan fingerprint density at radius 1 is 1.29 bits per heavy atom. The zero-order valence-electron chi connectivity index (χ0n) is 13.6. The summed E-state index contributed by atoms with van der Waals surface area (Å²) in [7, 11) is 0. The molecule has 0 atom stereocenters. The molecule has 1 aromatic heterocycles. The molecule has 1 fully saturated rings. The molecule has 0 aliphatic carbocycles. The molecule has 0 spiro atoms. The SMILES string of the molecule is CC.CC.CCC1CN(C(=O)c2cccc(C(F)F)n2)C1. The highest BCUT2D eigenvalue weighted by Gasteiger charge is 2.30. The highest BCUT2D eigenvalue weighted by atomic mass is 19.3. The third-order valence-electron chi connectivity index (χ3n) is 3.04. The topological polar surface area (TPSA) is 33.2 Å². The third kappa shape index (κ3) is 5.40.